The third kappa shape index (κ3) is 11.4. The van der Waals surface area contributed by atoms with E-state index in [1.807, 2.05) is 43.3 Å². The Balaban J connectivity index is 0.000000221. The standard InChI is InChI=1S/C33H36F2N8O2.C18H23N5O3/c1-3-45-26-17-27(31-24(18-36)20-38-43(31)21-26)23-4-7-30(37-19-23)42-10-8-33(9-11-42,22-41-14-12-40(2)13-15-41)39-32(44)28-16-25(34)5-6-29(28)35;1-20-15-10-13(22-7-4-12(11-24)5-8-22)2-3-14(15)17(19)23-9-6-16(25)21-18(23)26/h4-7,16-17,19-21H,3,8-15,22H2,1-2H3,(H,39,44);2-3,10-12,19-20H,4-9H2,1H3,(H,21,25,26). The van der Waals surface area contributed by atoms with Gasteiger partial charge in [0.2, 0.25) is 5.91 Å². The van der Waals surface area contributed by atoms with Gasteiger partial charge in [0.05, 0.1) is 41.2 Å². The number of aromatic nitrogens is 3. The van der Waals surface area contributed by atoms with Crippen LogP contribution in [-0.4, -0.2) is 151 Å². The number of halogens is 2. The molecule has 0 unspecified atom stereocenters. The summed E-state index contributed by atoms with van der Waals surface area (Å²) in [5.74, 6) is -0.678. The van der Waals surface area contributed by atoms with E-state index in [0.717, 1.165) is 105 Å². The van der Waals surface area contributed by atoms with Gasteiger partial charge in [0, 0.05) is 119 Å². The molecule has 3 aromatic heterocycles. The molecule has 5 aromatic rings. The van der Waals surface area contributed by atoms with Gasteiger partial charge < -0.3 is 34.9 Å². The summed E-state index contributed by atoms with van der Waals surface area (Å²) < 4.78 is 35.8. The van der Waals surface area contributed by atoms with Gasteiger partial charge in [-0.1, -0.05) is 0 Å². The number of hydrogen-bond acceptors (Lipinski definition) is 14. The van der Waals surface area contributed by atoms with Crippen LogP contribution in [0.5, 0.6) is 5.75 Å². The van der Waals surface area contributed by atoms with E-state index in [-0.39, 0.29) is 36.2 Å². The lowest BCUT2D eigenvalue weighted by Gasteiger charge is -2.46. The first-order chi connectivity index (χ1) is 34.3. The second-order valence-corrected chi connectivity index (χ2v) is 18.4. The van der Waals surface area contributed by atoms with Gasteiger partial charge in [0.1, 0.15) is 41.4 Å². The number of ether oxygens (including phenoxy) is 1. The van der Waals surface area contributed by atoms with E-state index in [9.17, 15) is 33.2 Å². The molecule has 4 fully saturated rings. The number of amidine groups is 1. The maximum atomic E-state index is 14.5. The van der Waals surface area contributed by atoms with Crippen LogP contribution in [0.25, 0.3) is 16.6 Å². The number of fused-ring (bicyclic) bond motifs is 1. The fourth-order valence-corrected chi connectivity index (χ4v) is 9.64. The topological polar surface area (TPSA) is 208 Å². The molecule has 7 heterocycles. The molecule has 0 saturated carbocycles. The monoisotopic (exact) mass is 971 g/mol. The van der Waals surface area contributed by atoms with E-state index in [2.05, 4.69) is 53.8 Å². The fraction of sp³-hybridized carbons (Fsp3) is 0.412. The van der Waals surface area contributed by atoms with E-state index < -0.39 is 29.1 Å². The average molecular weight is 972 g/mol. The van der Waals surface area contributed by atoms with E-state index >= 15 is 0 Å². The van der Waals surface area contributed by atoms with Gasteiger partial charge in [-0.2, -0.15) is 10.4 Å². The second-order valence-electron chi connectivity index (χ2n) is 18.4. The number of nitrogens with one attached hydrogen (secondary N) is 4. The van der Waals surface area contributed by atoms with Crippen LogP contribution in [0.4, 0.5) is 30.8 Å². The zero-order valence-corrected chi connectivity index (χ0v) is 40.2. The highest BCUT2D eigenvalue weighted by molar-refractivity contribution is 6.13. The van der Waals surface area contributed by atoms with Gasteiger partial charge in [0.15, 0.2) is 0 Å². The molecule has 4 aliphatic heterocycles. The van der Waals surface area contributed by atoms with Crippen molar-refractivity contribution in [1.82, 2.24) is 39.9 Å². The van der Waals surface area contributed by atoms with Crippen molar-refractivity contribution in [3.63, 3.8) is 0 Å². The molecule has 0 aliphatic carbocycles. The SMILES string of the molecule is CCOc1cc(-c2ccc(N3CCC(CN4CCN(C)CC4)(NC(=O)c4cc(F)ccc4F)CC3)nc2)c2c(C#N)cnn2c1.CNc1cc(N2CCC(C=O)CC2)ccc1C(=N)N1CCC(=O)NC1=O. The van der Waals surface area contributed by atoms with E-state index in [1.165, 1.54) is 4.90 Å². The molecule has 0 radical (unpaired) electrons. The van der Waals surface area contributed by atoms with Crippen molar-refractivity contribution in [3.8, 4) is 22.9 Å². The molecule has 0 atom stereocenters. The zero-order chi connectivity index (χ0) is 50.2. The zero-order valence-electron chi connectivity index (χ0n) is 40.2. The Morgan fingerprint density at radius 2 is 1.72 bits per heavy atom. The smallest absolute Gasteiger partial charge is 0.329 e. The van der Waals surface area contributed by atoms with Gasteiger partial charge in [-0.25, -0.2) is 23.1 Å². The number of rotatable bonds is 12. The molecule has 9 rings (SSSR count). The molecule has 0 bridgehead atoms. The minimum Gasteiger partial charge on any atom is -0.492 e. The van der Waals surface area contributed by atoms with Crippen molar-refractivity contribution in [3.05, 3.63) is 102 Å². The molecule has 18 nitrogen and oxygen atoms in total. The van der Waals surface area contributed by atoms with Gasteiger partial charge in [-0.15, -0.1) is 0 Å². The normalized spacial score (nSPS) is 17.7. The highest BCUT2D eigenvalue weighted by Crippen LogP contribution is 2.34. The van der Waals surface area contributed by atoms with Crippen LogP contribution in [-0.2, 0) is 9.59 Å². The highest BCUT2D eigenvalue weighted by atomic mass is 19.1. The van der Waals surface area contributed by atoms with E-state index in [0.29, 0.717) is 61.5 Å². The molecular weight excluding hydrogens is 913 g/mol. The minimum absolute atomic E-state index is 0.0607. The van der Waals surface area contributed by atoms with Crippen LogP contribution < -0.4 is 30.5 Å². The number of piperidine rings is 2. The van der Waals surface area contributed by atoms with Crippen LogP contribution in [0.15, 0.2) is 73.2 Å². The molecule has 4 saturated heterocycles. The predicted molar refractivity (Wildman–Crippen MR) is 265 cm³/mol. The Labute approximate surface area is 411 Å². The van der Waals surface area contributed by atoms with Gasteiger partial charge in [-0.3, -0.25) is 30.1 Å². The second kappa shape index (κ2) is 22.1. The molecule has 372 valence electrons. The van der Waals surface area contributed by atoms with Gasteiger partial charge in [0.25, 0.3) is 5.91 Å². The summed E-state index contributed by atoms with van der Waals surface area (Å²) in [5, 5.41) is 30.8. The summed E-state index contributed by atoms with van der Waals surface area (Å²) >= 11 is 0. The molecule has 2 aromatic carbocycles. The quantitative estimate of drug-likeness (QED) is 0.0706. The van der Waals surface area contributed by atoms with Crippen LogP contribution in [0, 0.1) is 34.3 Å². The Morgan fingerprint density at radius 3 is 2.38 bits per heavy atom. The number of carbonyl (C=O) groups excluding carboxylic acids is 4. The number of imide groups is 1. The number of carbonyl (C=O) groups is 4. The maximum absolute atomic E-state index is 14.5. The minimum atomic E-state index is -0.743. The third-order valence-corrected chi connectivity index (χ3v) is 13.7. The van der Waals surface area contributed by atoms with Crippen molar-refractivity contribution in [2.45, 2.75) is 44.6 Å². The largest absolute Gasteiger partial charge is 0.492 e. The first-order valence-corrected chi connectivity index (χ1v) is 24.0. The predicted octanol–water partition coefficient (Wildman–Crippen LogP) is 5.37. The first kappa shape index (κ1) is 49.9. The number of piperazine rings is 1. The number of benzene rings is 2. The Bertz CT molecular complexity index is 2810. The average Bonchev–Trinajstić information content (AvgIpc) is 3.81. The molecule has 20 heteroatoms. The Kier molecular flexibility index (Phi) is 15.5. The van der Waals surface area contributed by atoms with Crippen molar-refractivity contribution >= 4 is 52.7 Å². The lowest BCUT2D eigenvalue weighted by molar-refractivity contribution is -0.121. The lowest BCUT2D eigenvalue weighted by Crippen LogP contribution is -2.62. The number of aldehydes is 1. The third-order valence-electron chi connectivity index (χ3n) is 13.7. The number of nitriles is 1. The lowest BCUT2D eigenvalue weighted by atomic mass is 9.86. The number of nitrogens with zero attached hydrogens (tertiary/aromatic N) is 9. The van der Waals surface area contributed by atoms with Gasteiger partial charge in [-0.05, 0) is 94.3 Å². The molecular formula is C51H59F2N13O5. The van der Waals surface area contributed by atoms with Crippen LogP contribution in [0.3, 0.4) is 0 Å². The van der Waals surface area contributed by atoms with Gasteiger partial charge >= 0.3 is 6.03 Å². The number of anilines is 3. The maximum Gasteiger partial charge on any atom is 0.329 e. The summed E-state index contributed by atoms with van der Waals surface area (Å²) in [6.45, 7) is 9.73. The summed E-state index contributed by atoms with van der Waals surface area (Å²) in [6.07, 6.45) is 9.23. The molecule has 4 aliphatic rings. The number of hydrogen-bond donors (Lipinski definition) is 4. The van der Waals surface area contributed by atoms with Crippen LogP contribution in [0.1, 0.15) is 60.5 Å². The number of pyridine rings is 2. The Hall–Kier alpha value is -7.50. The van der Waals surface area contributed by atoms with Crippen molar-refractivity contribution in [2.75, 3.05) is 101 Å². The molecule has 4 N–H and O–H groups in total. The van der Waals surface area contributed by atoms with Crippen LogP contribution in [0.2, 0.25) is 0 Å². The highest BCUT2D eigenvalue weighted by Gasteiger charge is 2.39. The first-order valence-electron chi connectivity index (χ1n) is 24.0. The van der Waals surface area contributed by atoms with E-state index in [4.69, 9.17) is 15.1 Å². The number of likely N-dealkylation sites (N-methyl/N-ethyl adjacent to an activating group) is 1. The molecule has 71 heavy (non-hydrogen) atoms. The van der Waals surface area contributed by atoms with Crippen molar-refractivity contribution in [1.29, 1.82) is 10.7 Å². The molecule has 4 amide bonds. The van der Waals surface area contributed by atoms with Crippen LogP contribution >= 0.6 is 0 Å². The summed E-state index contributed by atoms with van der Waals surface area (Å²) in [7, 11) is 3.86. The molecule has 0 spiro atoms. The number of amides is 4. The summed E-state index contributed by atoms with van der Waals surface area (Å²) in [4.78, 5) is 62.5. The fourth-order valence-electron chi connectivity index (χ4n) is 9.64. The Morgan fingerprint density at radius 1 is 0.958 bits per heavy atom. The summed E-state index contributed by atoms with van der Waals surface area (Å²) in [5.41, 5.74) is 4.25. The van der Waals surface area contributed by atoms with Crippen molar-refractivity contribution in [2.24, 2.45) is 5.92 Å². The van der Waals surface area contributed by atoms with E-state index in [1.54, 1.807) is 30.2 Å². The van der Waals surface area contributed by atoms with Crippen molar-refractivity contribution < 1.29 is 32.7 Å². The summed E-state index contributed by atoms with van der Waals surface area (Å²) in [6, 6.07) is 16.1. The number of urea groups is 1.